The molecule has 0 aromatic rings. The van der Waals surface area contributed by atoms with Crippen molar-refractivity contribution in [1.82, 2.24) is 4.90 Å². The molecular formula is C16H31N. The second-order valence-electron chi connectivity index (χ2n) is 8.64. The molecule has 2 aliphatic rings. The third kappa shape index (κ3) is 2.16. The number of likely N-dealkylation sites (tertiary alicyclic amines) is 1. The van der Waals surface area contributed by atoms with Crippen LogP contribution in [-0.4, -0.2) is 23.0 Å². The van der Waals surface area contributed by atoms with Crippen LogP contribution in [0.3, 0.4) is 0 Å². The van der Waals surface area contributed by atoms with Crippen LogP contribution in [0, 0.1) is 16.7 Å². The largest absolute Gasteiger partial charge is 0.295 e. The first-order valence-electron chi connectivity index (χ1n) is 7.33. The molecule has 0 radical (unpaired) electrons. The van der Waals surface area contributed by atoms with Crippen molar-refractivity contribution in [3.63, 3.8) is 0 Å². The minimum absolute atomic E-state index is 0.352. The maximum Gasteiger partial charge on any atom is 0.0141 e. The van der Waals surface area contributed by atoms with Gasteiger partial charge in [0.15, 0.2) is 0 Å². The molecule has 0 bridgehead atoms. The van der Waals surface area contributed by atoms with Crippen LogP contribution in [-0.2, 0) is 0 Å². The molecule has 1 spiro atoms. The summed E-state index contributed by atoms with van der Waals surface area (Å²) < 4.78 is 0. The van der Waals surface area contributed by atoms with Crippen LogP contribution >= 0.6 is 0 Å². The molecular weight excluding hydrogens is 206 g/mol. The molecule has 3 atom stereocenters. The zero-order valence-electron chi connectivity index (χ0n) is 12.9. The van der Waals surface area contributed by atoms with E-state index in [0.717, 1.165) is 12.0 Å². The summed E-state index contributed by atoms with van der Waals surface area (Å²) in [5, 5.41) is 0. The van der Waals surface area contributed by atoms with E-state index in [1.165, 1.54) is 25.8 Å². The average molecular weight is 237 g/mol. The second-order valence-corrected chi connectivity index (χ2v) is 8.64. The maximum absolute atomic E-state index is 2.69. The molecule has 2 rings (SSSR count). The highest BCUT2D eigenvalue weighted by Crippen LogP contribution is 2.57. The molecule has 1 nitrogen and oxygen atoms in total. The molecule has 0 aromatic heterocycles. The Morgan fingerprint density at radius 2 is 1.65 bits per heavy atom. The summed E-state index contributed by atoms with van der Waals surface area (Å²) in [4.78, 5) is 2.69. The van der Waals surface area contributed by atoms with Crippen LogP contribution in [0.5, 0.6) is 0 Å². The minimum Gasteiger partial charge on any atom is -0.295 e. The SMILES string of the molecule is CC1N(C(C)(C)C)CC12CCC(C(C)(C)C)C2. The third-order valence-corrected chi connectivity index (χ3v) is 5.57. The number of hydrogen-bond donors (Lipinski definition) is 0. The van der Waals surface area contributed by atoms with E-state index in [4.69, 9.17) is 0 Å². The van der Waals surface area contributed by atoms with Gasteiger partial charge in [0, 0.05) is 18.1 Å². The van der Waals surface area contributed by atoms with E-state index in [-0.39, 0.29) is 0 Å². The van der Waals surface area contributed by atoms with Gasteiger partial charge in [0.05, 0.1) is 0 Å². The first-order chi connectivity index (χ1) is 7.56. The van der Waals surface area contributed by atoms with Crippen molar-refractivity contribution >= 4 is 0 Å². The van der Waals surface area contributed by atoms with Crippen LogP contribution in [0.2, 0.25) is 0 Å². The number of hydrogen-bond acceptors (Lipinski definition) is 1. The molecule has 1 heterocycles. The fourth-order valence-electron chi connectivity index (χ4n) is 4.06. The van der Waals surface area contributed by atoms with Gasteiger partial charge >= 0.3 is 0 Å². The van der Waals surface area contributed by atoms with Crippen molar-refractivity contribution in [2.75, 3.05) is 6.54 Å². The highest BCUT2D eigenvalue weighted by molar-refractivity contribution is 5.10. The van der Waals surface area contributed by atoms with Gasteiger partial charge in [-0.1, -0.05) is 20.8 Å². The summed E-state index contributed by atoms with van der Waals surface area (Å²) in [5.41, 5.74) is 1.51. The lowest BCUT2D eigenvalue weighted by Gasteiger charge is -2.60. The van der Waals surface area contributed by atoms with Gasteiger partial charge in [0.2, 0.25) is 0 Å². The fourth-order valence-corrected chi connectivity index (χ4v) is 4.06. The van der Waals surface area contributed by atoms with Gasteiger partial charge in [-0.3, -0.25) is 4.90 Å². The van der Waals surface area contributed by atoms with Crippen molar-refractivity contribution in [1.29, 1.82) is 0 Å². The summed E-state index contributed by atoms with van der Waals surface area (Å²) in [6.45, 7) is 18.1. The van der Waals surface area contributed by atoms with E-state index in [1.54, 1.807) is 0 Å². The molecule has 2 fully saturated rings. The topological polar surface area (TPSA) is 3.24 Å². The van der Waals surface area contributed by atoms with Crippen LogP contribution < -0.4 is 0 Å². The minimum atomic E-state index is 0.352. The van der Waals surface area contributed by atoms with Crippen molar-refractivity contribution in [2.24, 2.45) is 16.7 Å². The molecule has 17 heavy (non-hydrogen) atoms. The Morgan fingerprint density at radius 3 is 2.00 bits per heavy atom. The summed E-state index contributed by atoms with van der Waals surface area (Å²) in [6, 6.07) is 0.787. The van der Waals surface area contributed by atoms with E-state index in [1.807, 2.05) is 0 Å². The molecule has 1 heteroatoms. The summed E-state index contributed by atoms with van der Waals surface area (Å²) in [6.07, 6.45) is 4.37. The third-order valence-electron chi connectivity index (χ3n) is 5.57. The van der Waals surface area contributed by atoms with Crippen LogP contribution in [0.4, 0.5) is 0 Å². The number of nitrogens with zero attached hydrogens (tertiary/aromatic N) is 1. The van der Waals surface area contributed by atoms with Gasteiger partial charge in [-0.15, -0.1) is 0 Å². The lowest BCUT2D eigenvalue weighted by molar-refractivity contribution is -0.116. The van der Waals surface area contributed by atoms with Gasteiger partial charge < -0.3 is 0 Å². The first-order valence-corrected chi connectivity index (χ1v) is 7.33. The molecule has 0 amide bonds. The molecule has 1 aliphatic heterocycles. The molecule has 1 saturated carbocycles. The molecule has 3 unspecified atom stereocenters. The summed E-state index contributed by atoms with van der Waals surface area (Å²) in [7, 11) is 0. The van der Waals surface area contributed by atoms with E-state index < -0.39 is 0 Å². The van der Waals surface area contributed by atoms with Gasteiger partial charge in [-0.2, -0.15) is 0 Å². The highest BCUT2D eigenvalue weighted by atomic mass is 15.3. The molecule has 0 N–H and O–H groups in total. The Bertz CT molecular complexity index is 282. The predicted molar refractivity (Wildman–Crippen MR) is 75.2 cm³/mol. The maximum atomic E-state index is 2.69. The van der Waals surface area contributed by atoms with Crippen molar-refractivity contribution in [3.05, 3.63) is 0 Å². The van der Waals surface area contributed by atoms with E-state index >= 15 is 0 Å². The van der Waals surface area contributed by atoms with Gasteiger partial charge in [-0.25, -0.2) is 0 Å². The van der Waals surface area contributed by atoms with Crippen molar-refractivity contribution < 1.29 is 0 Å². The van der Waals surface area contributed by atoms with E-state index in [2.05, 4.69) is 53.4 Å². The lowest BCUT2D eigenvalue weighted by Crippen LogP contribution is -2.67. The fraction of sp³-hybridized carbons (Fsp3) is 1.00. The first kappa shape index (κ1) is 13.4. The van der Waals surface area contributed by atoms with Gasteiger partial charge in [0.25, 0.3) is 0 Å². The Labute approximate surface area is 108 Å². The normalized spacial score (nSPS) is 39.7. The second kappa shape index (κ2) is 3.73. The summed E-state index contributed by atoms with van der Waals surface area (Å²) >= 11 is 0. The zero-order valence-corrected chi connectivity index (χ0v) is 12.9. The zero-order chi connectivity index (χ0) is 13.1. The summed E-state index contributed by atoms with van der Waals surface area (Å²) in [5.74, 6) is 0.937. The molecule has 1 saturated heterocycles. The van der Waals surface area contributed by atoms with Crippen LogP contribution in [0.25, 0.3) is 0 Å². The van der Waals surface area contributed by atoms with Crippen molar-refractivity contribution in [3.8, 4) is 0 Å². The highest BCUT2D eigenvalue weighted by Gasteiger charge is 2.57. The molecule has 0 aromatic carbocycles. The monoisotopic (exact) mass is 237 g/mol. The van der Waals surface area contributed by atoms with E-state index in [9.17, 15) is 0 Å². The molecule has 100 valence electrons. The Morgan fingerprint density at radius 1 is 1.06 bits per heavy atom. The Hall–Kier alpha value is -0.0400. The van der Waals surface area contributed by atoms with Crippen LogP contribution in [0.15, 0.2) is 0 Å². The number of rotatable bonds is 0. The Kier molecular flexibility index (Phi) is 2.94. The van der Waals surface area contributed by atoms with Gasteiger partial charge in [0.1, 0.15) is 0 Å². The quantitative estimate of drug-likeness (QED) is 0.606. The van der Waals surface area contributed by atoms with E-state index in [0.29, 0.717) is 16.4 Å². The predicted octanol–water partition coefficient (Wildman–Crippen LogP) is 4.32. The lowest BCUT2D eigenvalue weighted by atomic mass is 9.67. The van der Waals surface area contributed by atoms with Gasteiger partial charge in [-0.05, 0) is 63.7 Å². The smallest absolute Gasteiger partial charge is 0.0141 e. The van der Waals surface area contributed by atoms with Crippen molar-refractivity contribution in [2.45, 2.75) is 79.3 Å². The standard InChI is InChI=1S/C16H31N/c1-12-16(11-17(12)15(5,6)7)9-8-13(10-16)14(2,3)4/h12-13H,8-11H2,1-7H3. The average Bonchev–Trinajstić information content (AvgIpc) is 2.58. The van der Waals surface area contributed by atoms with Crippen LogP contribution in [0.1, 0.15) is 67.7 Å². The Balaban J connectivity index is 2.03. The molecule has 1 aliphatic carbocycles.